The van der Waals surface area contributed by atoms with Gasteiger partial charge < -0.3 is 5.32 Å². The lowest BCUT2D eigenvalue weighted by Gasteiger charge is -2.05. The van der Waals surface area contributed by atoms with Crippen LogP contribution in [0.1, 0.15) is 22.6 Å². The summed E-state index contributed by atoms with van der Waals surface area (Å²) >= 11 is 0. The number of H-pyrrole nitrogens is 1. The molecule has 0 spiro atoms. The van der Waals surface area contributed by atoms with Crippen LogP contribution in [0.25, 0.3) is 11.0 Å². The highest BCUT2D eigenvalue weighted by Crippen LogP contribution is 2.36. The van der Waals surface area contributed by atoms with Crippen molar-refractivity contribution >= 4 is 40.2 Å². The number of aliphatic imine (C=N–C) groups is 1. The van der Waals surface area contributed by atoms with Gasteiger partial charge >= 0.3 is 0 Å². The quantitative estimate of drug-likeness (QED) is 0.426. The van der Waals surface area contributed by atoms with Gasteiger partial charge in [0, 0.05) is 28.6 Å². The van der Waals surface area contributed by atoms with Crippen molar-refractivity contribution in [2.45, 2.75) is 19.8 Å². The number of hydrogen-bond donors (Lipinski definition) is 2. The van der Waals surface area contributed by atoms with E-state index in [4.69, 9.17) is 0 Å². The molecule has 1 unspecified atom stereocenters. The standard InChI is InChI=1S/C17H14N6O3/c1-8-5-10(6-9(2)16(8)23(25)26)18-7-11-14-12(19-17(11)24)3-4-13-15(14)21-22-20-13/h3-7,11H,1-2H3,(H,19,24)(H,20,21,22). The molecule has 9 nitrogen and oxygen atoms in total. The van der Waals surface area contributed by atoms with E-state index in [1.165, 1.54) is 6.21 Å². The number of nitro groups is 1. The van der Waals surface area contributed by atoms with Crippen molar-refractivity contribution < 1.29 is 9.72 Å². The molecule has 1 aliphatic heterocycles. The van der Waals surface area contributed by atoms with Gasteiger partial charge in [-0.05, 0) is 38.1 Å². The second kappa shape index (κ2) is 5.73. The first-order chi connectivity index (χ1) is 12.5. The van der Waals surface area contributed by atoms with E-state index in [1.54, 1.807) is 38.1 Å². The predicted octanol–water partition coefficient (Wildman–Crippen LogP) is 2.92. The Hall–Kier alpha value is -3.62. The number of benzene rings is 2. The Bertz CT molecular complexity index is 1080. The Labute approximate surface area is 147 Å². The van der Waals surface area contributed by atoms with E-state index < -0.39 is 10.8 Å². The third-order valence-electron chi connectivity index (χ3n) is 4.41. The van der Waals surface area contributed by atoms with Crippen LogP contribution in [0.4, 0.5) is 17.1 Å². The fraction of sp³-hybridized carbons (Fsp3) is 0.176. The van der Waals surface area contributed by atoms with Gasteiger partial charge in [0.15, 0.2) is 0 Å². The maximum Gasteiger partial charge on any atom is 0.275 e. The molecule has 4 rings (SSSR count). The van der Waals surface area contributed by atoms with Crippen molar-refractivity contribution in [1.82, 2.24) is 15.4 Å². The third kappa shape index (κ3) is 2.41. The van der Waals surface area contributed by atoms with Gasteiger partial charge in [0.2, 0.25) is 5.91 Å². The van der Waals surface area contributed by atoms with Gasteiger partial charge in [0.1, 0.15) is 17.0 Å². The normalized spacial score (nSPS) is 16.2. The molecule has 2 aromatic carbocycles. The van der Waals surface area contributed by atoms with Crippen LogP contribution in [-0.4, -0.2) is 32.5 Å². The average Bonchev–Trinajstić information content (AvgIpc) is 3.15. The Morgan fingerprint density at radius 1 is 1.23 bits per heavy atom. The van der Waals surface area contributed by atoms with E-state index in [2.05, 4.69) is 25.7 Å². The molecular weight excluding hydrogens is 336 g/mol. The molecule has 2 N–H and O–H groups in total. The maximum absolute atomic E-state index is 12.3. The molecule has 0 saturated carbocycles. The molecule has 0 saturated heterocycles. The Morgan fingerprint density at radius 3 is 2.65 bits per heavy atom. The monoisotopic (exact) mass is 350 g/mol. The predicted molar refractivity (Wildman–Crippen MR) is 96.0 cm³/mol. The van der Waals surface area contributed by atoms with Gasteiger partial charge in [-0.25, -0.2) is 0 Å². The lowest BCUT2D eigenvalue weighted by Crippen LogP contribution is -2.13. The van der Waals surface area contributed by atoms with Gasteiger partial charge in [-0.15, -0.1) is 0 Å². The molecule has 0 radical (unpaired) electrons. The Kier molecular flexibility index (Phi) is 3.50. The zero-order valence-electron chi connectivity index (χ0n) is 14.0. The summed E-state index contributed by atoms with van der Waals surface area (Å²) in [6.45, 7) is 3.33. The number of anilines is 1. The number of aryl methyl sites for hydroxylation is 2. The summed E-state index contributed by atoms with van der Waals surface area (Å²) in [7, 11) is 0. The van der Waals surface area contributed by atoms with Gasteiger partial charge in [-0.2, -0.15) is 15.4 Å². The highest BCUT2D eigenvalue weighted by atomic mass is 16.6. The summed E-state index contributed by atoms with van der Waals surface area (Å²) in [5, 5.41) is 24.6. The van der Waals surface area contributed by atoms with Gasteiger partial charge in [0.05, 0.1) is 10.6 Å². The van der Waals surface area contributed by atoms with Crippen molar-refractivity contribution in [3.05, 3.63) is 51.1 Å². The van der Waals surface area contributed by atoms with Crippen molar-refractivity contribution in [2.24, 2.45) is 4.99 Å². The van der Waals surface area contributed by atoms with Crippen LogP contribution >= 0.6 is 0 Å². The van der Waals surface area contributed by atoms with Crippen LogP contribution in [0.3, 0.4) is 0 Å². The van der Waals surface area contributed by atoms with Gasteiger partial charge in [0.25, 0.3) is 5.69 Å². The first-order valence-corrected chi connectivity index (χ1v) is 7.90. The third-order valence-corrected chi connectivity index (χ3v) is 4.41. The van der Waals surface area contributed by atoms with E-state index in [1.807, 2.05) is 0 Å². The number of rotatable bonds is 3. The molecule has 1 atom stereocenters. The summed E-state index contributed by atoms with van der Waals surface area (Å²) in [6.07, 6.45) is 1.54. The zero-order chi connectivity index (χ0) is 18.4. The lowest BCUT2D eigenvalue weighted by atomic mass is 10.0. The fourth-order valence-electron chi connectivity index (χ4n) is 3.30. The first-order valence-electron chi connectivity index (χ1n) is 7.90. The lowest BCUT2D eigenvalue weighted by molar-refractivity contribution is -0.386. The summed E-state index contributed by atoms with van der Waals surface area (Å²) < 4.78 is 0. The topological polar surface area (TPSA) is 126 Å². The zero-order valence-corrected chi connectivity index (χ0v) is 14.0. The molecule has 130 valence electrons. The molecule has 26 heavy (non-hydrogen) atoms. The molecule has 1 amide bonds. The second-order valence-corrected chi connectivity index (χ2v) is 6.15. The minimum absolute atomic E-state index is 0.0808. The summed E-state index contributed by atoms with van der Waals surface area (Å²) in [6, 6.07) is 6.82. The molecular formula is C17H14N6O3. The summed E-state index contributed by atoms with van der Waals surface area (Å²) in [4.78, 5) is 27.4. The number of nitrogens with zero attached hydrogens (tertiary/aromatic N) is 4. The van der Waals surface area contributed by atoms with Crippen LogP contribution in [0, 0.1) is 24.0 Å². The minimum atomic E-state index is -0.602. The van der Waals surface area contributed by atoms with Gasteiger partial charge in [-0.3, -0.25) is 19.9 Å². The van der Waals surface area contributed by atoms with Crippen molar-refractivity contribution in [3.63, 3.8) is 0 Å². The number of carbonyl (C=O) groups excluding carboxylic acids is 1. The fourth-order valence-corrected chi connectivity index (χ4v) is 3.30. The highest BCUT2D eigenvalue weighted by Gasteiger charge is 2.32. The van der Waals surface area contributed by atoms with Crippen LogP contribution in [0.5, 0.6) is 0 Å². The molecule has 2 heterocycles. The molecule has 1 aliphatic rings. The molecule has 9 heteroatoms. The largest absolute Gasteiger partial charge is 0.325 e. The van der Waals surface area contributed by atoms with E-state index in [9.17, 15) is 14.9 Å². The van der Waals surface area contributed by atoms with Crippen LogP contribution in [-0.2, 0) is 4.79 Å². The van der Waals surface area contributed by atoms with Crippen LogP contribution in [0.2, 0.25) is 0 Å². The molecule has 1 aromatic heterocycles. The molecule has 0 aliphatic carbocycles. The maximum atomic E-state index is 12.3. The first kappa shape index (κ1) is 15.9. The smallest absolute Gasteiger partial charge is 0.275 e. The molecule has 0 bridgehead atoms. The van der Waals surface area contributed by atoms with Crippen molar-refractivity contribution in [2.75, 3.05) is 5.32 Å². The number of aromatic nitrogens is 3. The number of fused-ring (bicyclic) bond motifs is 3. The number of aromatic amines is 1. The molecule has 0 fully saturated rings. The minimum Gasteiger partial charge on any atom is -0.325 e. The summed E-state index contributed by atoms with van der Waals surface area (Å²) in [5.74, 6) is -0.802. The second-order valence-electron chi connectivity index (χ2n) is 6.15. The van der Waals surface area contributed by atoms with Gasteiger partial charge in [-0.1, -0.05) is 0 Å². The van der Waals surface area contributed by atoms with Crippen LogP contribution < -0.4 is 5.32 Å². The number of amides is 1. The molecule has 3 aromatic rings. The number of carbonyl (C=O) groups is 1. The van der Waals surface area contributed by atoms with E-state index in [0.717, 1.165) is 5.56 Å². The average molecular weight is 350 g/mol. The Morgan fingerprint density at radius 2 is 1.96 bits per heavy atom. The van der Waals surface area contributed by atoms with E-state index in [-0.39, 0.29) is 11.6 Å². The number of nitrogens with one attached hydrogen (secondary N) is 2. The van der Waals surface area contributed by atoms with E-state index in [0.29, 0.717) is 33.5 Å². The van der Waals surface area contributed by atoms with E-state index >= 15 is 0 Å². The SMILES string of the molecule is Cc1cc(N=CC2C(=O)Nc3ccc4n[nH]nc4c32)cc(C)c1[N+](=O)[O-]. The number of nitro benzene ring substituents is 1. The Balaban J connectivity index is 1.74. The van der Waals surface area contributed by atoms with Crippen molar-refractivity contribution in [3.8, 4) is 0 Å². The van der Waals surface area contributed by atoms with Crippen molar-refractivity contribution in [1.29, 1.82) is 0 Å². The van der Waals surface area contributed by atoms with Crippen LogP contribution in [0.15, 0.2) is 29.3 Å². The summed E-state index contributed by atoms with van der Waals surface area (Å²) in [5.41, 5.74) is 4.38. The highest BCUT2D eigenvalue weighted by molar-refractivity contribution is 6.15. The number of hydrogen-bond acceptors (Lipinski definition) is 6.